The summed E-state index contributed by atoms with van der Waals surface area (Å²) in [5.74, 6) is 1.51. The highest BCUT2D eigenvalue weighted by Crippen LogP contribution is 2.38. The molecule has 0 unspecified atom stereocenters. The van der Waals surface area contributed by atoms with E-state index in [9.17, 15) is 0 Å². The lowest BCUT2D eigenvalue weighted by Crippen LogP contribution is -1.93. The summed E-state index contributed by atoms with van der Waals surface area (Å²) in [4.78, 5) is 4.46. The Bertz CT molecular complexity index is 501. The fourth-order valence-electron chi connectivity index (χ4n) is 1.50. The molecule has 0 aliphatic heterocycles. The highest BCUT2D eigenvalue weighted by atomic mass is 79.9. The molecule has 1 fully saturated rings. The van der Waals surface area contributed by atoms with Gasteiger partial charge in [-0.3, -0.25) is 0 Å². The minimum atomic E-state index is 0.572. The molecule has 2 aromatic heterocycles. The van der Waals surface area contributed by atoms with Crippen LogP contribution < -0.4 is 5.73 Å². The van der Waals surface area contributed by atoms with E-state index in [4.69, 9.17) is 5.73 Å². The molecule has 14 heavy (non-hydrogen) atoms. The average molecular weight is 253 g/mol. The molecule has 1 aliphatic rings. The third-order valence-electron chi connectivity index (χ3n) is 2.37. The van der Waals surface area contributed by atoms with Crippen LogP contribution in [0.3, 0.4) is 0 Å². The Kier molecular flexibility index (Phi) is 1.58. The summed E-state index contributed by atoms with van der Waals surface area (Å²) in [5.41, 5.74) is 7.25. The minimum absolute atomic E-state index is 0.572. The first-order valence-corrected chi connectivity index (χ1v) is 5.34. The largest absolute Gasteiger partial charge is 0.397 e. The van der Waals surface area contributed by atoms with Crippen LogP contribution in [0, 0.1) is 0 Å². The maximum Gasteiger partial charge on any atom is 0.169 e. The topological polar surface area (TPSA) is 56.2 Å². The zero-order chi connectivity index (χ0) is 9.71. The lowest BCUT2D eigenvalue weighted by atomic mass is 10.4. The zero-order valence-corrected chi connectivity index (χ0v) is 9.03. The van der Waals surface area contributed by atoms with Crippen LogP contribution >= 0.6 is 15.9 Å². The van der Waals surface area contributed by atoms with E-state index in [2.05, 4.69) is 26.0 Å². The van der Waals surface area contributed by atoms with Crippen LogP contribution in [0.4, 0.5) is 5.69 Å². The minimum Gasteiger partial charge on any atom is -0.397 e. The number of anilines is 1. The number of halogens is 1. The average Bonchev–Trinajstić information content (AvgIpc) is 2.87. The molecule has 1 aliphatic carbocycles. The van der Waals surface area contributed by atoms with Crippen molar-refractivity contribution in [3.63, 3.8) is 0 Å². The SMILES string of the molecule is Nc1cc(Br)c2nc(C3CC3)nn2c1. The molecule has 2 N–H and O–H groups in total. The van der Waals surface area contributed by atoms with Crippen molar-refractivity contribution in [1.82, 2.24) is 14.6 Å². The van der Waals surface area contributed by atoms with Gasteiger partial charge in [-0.15, -0.1) is 0 Å². The predicted molar refractivity (Wildman–Crippen MR) is 57.1 cm³/mol. The van der Waals surface area contributed by atoms with Gasteiger partial charge in [0, 0.05) is 5.92 Å². The number of fused-ring (bicyclic) bond motifs is 1. The van der Waals surface area contributed by atoms with E-state index in [0.717, 1.165) is 15.9 Å². The summed E-state index contributed by atoms with van der Waals surface area (Å²) in [6.07, 6.45) is 4.22. The Labute approximate surface area is 89.3 Å². The second-order valence-electron chi connectivity index (χ2n) is 3.63. The zero-order valence-electron chi connectivity index (χ0n) is 7.44. The van der Waals surface area contributed by atoms with Crippen molar-refractivity contribution in [1.29, 1.82) is 0 Å². The number of rotatable bonds is 1. The van der Waals surface area contributed by atoms with Gasteiger partial charge in [0.1, 0.15) is 0 Å². The number of hydrogen-bond acceptors (Lipinski definition) is 3. The normalized spacial score (nSPS) is 16.4. The number of pyridine rings is 1. The molecule has 3 rings (SSSR count). The summed E-state index contributed by atoms with van der Waals surface area (Å²) >= 11 is 3.43. The molecule has 0 bridgehead atoms. The van der Waals surface area contributed by atoms with Crippen LogP contribution in [0.5, 0.6) is 0 Å². The Morgan fingerprint density at radius 3 is 3.00 bits per heavy atom. The predicted octanol–water partition coefficient (Wildman–Crippen LogP) is 1.95. The van der Waals surface area contributed by atoms with Crippen molar-refractivity contribution in [3.8, 4) is 0 Å². The van der Waals surface area contributed by atoms with E-state index < -0.39 is 0 Å². The molecule has 5 heteroatoms. The maximum absolute atomic E-state index is 5.71. The molecule has 0 saturated heterocycles. The molecule has 72 valence electrons. The van der Waals surface area contributed by atoms with Gasteiger partial charge in [0.2, 0.25) is 0 Å². The van der Waals surface area contributed by atoms with E-state index in [1.54, 1.807) is 10.7 Å². The van der Waals surface area contributed by atoms with Crippen LogP contribution in [0.15, 0.2) is 16.7 Å². The Hall–Kier alpha value is -1.10. The van der Waals surface area contributed by atoms with Gasteiger partial charge in [0.15, 0.2) is 11.5 Å². The summed E-state index contributed by atoms with van der Waals surface area (Å²) in [5, 5.41) is 4.39. The third kappa shape index (κ3) is 1.19. The Morgan fingerprint density at radius 1 is 1.50 bits per heavy atom. The monoisotopic (exact) mass is 252 g/mol. The fraction of sp³-hybridized carbons (Fsp3) is 0.333. The van der Waals surface area contributed by atoms with Gasteiger partial charge >= 0.3 is 0 Å². The van der Waals surface area contributed by atoms with Crippen molar-refractivity contribution in [2.45, 2.75) is 18.8 Å². The molecule has 2 heterocycles. The van der Waals surface area contributed by atoms with Crippen molar-refractivity contribution < 1.29 is 0 Å². The summed E-state index contributed by atoms with van der Waals surface area (Å²) < 4.78 is 2.64. The lowest BCUT2D eigenvalue weighted by molar-refractivity contribution is 0.878. The summed E-state index contributed by atoms with van der Waals surface area (Å²) in [6.45, 7) is 0. The van der Waals surface area contributed by atoms with Crippen molar-refractivity contribution in [3.05, 3.63) is 22.6 Å². The molecule has 0 spiro atoms. The van der Waals surface area contributed by atoms with Crippen LogP contribution in [0.25, 0.3) is 5.65 Å². The van der Waals surface area contributed by atoms with Crippen LogP contribution in [0.2, 0.25) is 0 Å². The highest BCUT2D eigenvalue weighted by molar-refractivity contribution is 9.10. The van der Waals surface area contributed by atoms with Crippen molar-refractivity contribution in [2.24, 2.45) is 0 Å². The molecule has 0 amide bonds. The smallest absolute Gasteiger partial charge is 0.169 e. The molecule has 0 radical (unpaired) electrons. The highest BCUT2D eigenvalue weighted by Gasteiger charge is 2.28. The van der Waals surface area contributed by atoms with E-state index >= 15 is 0 Å². The summed E-state index contributed by atoms with van der Waals surface area (Å²) in [7, 11) is 0. The Morgan fingerprint density at radius 2 is 2.29 bits per heavy atom. The molecule has 0 aromatic carbocycles. The van der Waals surface area contributed by atoms with Crippen molar-refractivity contribution in [2.75, 3.05) is 5.73 Å². The third-order valence-corrected chi connectivity index (χ3v) is 2.95. The molecule has 1 saturated carbocycles. The van der Waals surface area contributed by atoms with E-state index in [1.807, 2.05) is 6.07 Å². The van der Waals surface area contributed by atoms with Gasteiger partial charge in [-0.1, -0.05) is 0 Å². The van der Waals surface area contributed by atoms with E-state index in [1.165, 1.54) is 12.8 Å². The second-order valence-corrected chi connectivity index (χ2v) is 4.49. The quantitative estimate of drug-likeness (QED) is 0.845. The second kappa shape index (κ2) is 2.70. The van der Waals surface area contributed by atoms with Gasteiger partial charge in [0.05, 0.1) is 16.4 Å². The molecule has 0 atom stereocenters. The summed E-state index contributed by atoms with van der Waals surface area (Å²) in [6, 6.07) is 1.85. The van der Waals surface area contributed by atoms with Gasteiger partial charge in [-0.25, -0.2) is 9.50 Å². The number of nitrogen functional groups attached to an aromatic ring is 1. The lowest BCUT2D eigenvalue weighted by Gasteiger charge is -1.96. The first kappa shape index (κ1) is 8.23. The van der Waals surface area contributed by atoms with E-state index in [0.29, 0.717) is 11.6 Å². The fourth-order valence-corrected chi connectivity index (χ4v) is 2.03. The number of aromatic nitrogens is 3. The maximum atomic E-state index is 5.71. The first-order chi connectivity index (χ1) is 6.74. The number of hydrogen-bond donors (Lipinski definition) is 1. The van der Waals surface area contributed by atoms with Gasteiger partial charge in [-0.2, -0.15) is 5.10 Å². The van der Waals surface area contributed by atoms with Gasteiger partial charge in [0.25, 0.3) is 0 Å². The standard InChI is InChI=1S/C9H9BrN4/c10-7-3-6(11)4-14-9(7)12-8(13-14)5-1-2-5/h3-5H,1-2,11H2. The number of nitrogens with two attached hydrogens (primary N) is 1. The number of nitrogens with zero attached hydrogens (tertiary/aromatic N) is 3. The van der Waals surface area contributed by atoms with Gasteiger partial charge < -0.3 is 5.73 Å². The van der Waals surface area contributed by atoms with E-state index in [-0.39, 0.29) is 0 Å². The molecule has 4 nitrogen and oxygen atoms in total. The molecule has 2 aromatic rings. The van der Waals surface area contributed by atoms with Gasteiger partial charge in [-0.05, 0) is 34.8 Å². The van der Waals surface area contributed by atoms with Crippen LogP contribution in [-0.4, -0.2) is 14.6 Å². The Balaban J connectivity index is 2.26. The molecular formula is C9H9BrN4. The van der Waals surface area contributed by atoms with Crippen LogP contribution in [-0.2, 0) is 0 Å². The van der Waals surface area contributed by atoms with Crippen molar-refractivity contribution >= 4 is 27.3 Å². The first-order valence-electron chi connectivity index (χ1n) is 4.55. The van der Waals surface area contributed by atoms with Crippen LogP contribution in [0.1, 0.15) is 24.6 Å². The molecular weight excluding hydrogens is 244 g/mol.